The molecule has 0 radical (unpaired) electrons. The number of aliphatic hydroxyl groups is 1. The maximum atomic E-state index is 12.6. The van der Waals surface area contributed by atoms with Crippen LogP contribution in [0.25, 0.3) is 0 Å². The summed E-state index contributed by atoms with van der Waals surface area (Å²) in [4.78, 5) is 16.5. The average molecular weight is 255 g/mol. The van der Waals surface area contributed by atoms with Gasteiger partial charge >= 0.3 is 0 Å². The van der Waals surface area contributed by atoms with E-state index in [-0.39, 0.29) is 30.0 Å². The first kappa shape index (κ1) is 13.8. The zero-order chi connectivity index (χ0) is 13.3. The molecule has 0 spiro atoms. The Morgan fingerprint density at radius 1 is 1.50 bits per heavy atom. The van der Waals surface area contributed by atoms with Crippen molar-refractivity contribution in [3.63, 3.8) is 0 Å². The molecule has 0 aromatic heterocycles. The molecule has 2 aliphatic rings. The van der Waals surface area contributed by atoms with Gasteiger partial charge in [-0.15, -0.1) is 0 Å². The molecule has 0 saturated carbocycles. The number of rotatable bonds is 3. The predicted octanol–water partition coefficient (Wildman–Crippen LogP) is -0.492. The summed E-state index contributed by atoms with van der Waals surface area (Å²) in [6.07, 6.45) is 1.27. The largest absolute Gasteiger partial charge is 0.391 e. The average Bonchev–Trinajstić information content (AvgIpc) is 2.83. The molecule has 2 rings (SSSR count). The van der Waals surface area contributed by atoms with E-state index in [4.69, 9.17) is 0 Å². The molecule has 5 heteroatoms. The molecule has 104 valence electrons. The zero-order valence-corrected chi connectivity index (χ0v) is 11.6. The van der Waals surface area contributed by atoms with E-state index in [2.05, 4.69) is 17.1 Å². The third kappa shape index (κ3) is 2.84. The van der Waals surface area contributed by atoms with E-state index in [0.29, 0.717) is 13.0 Å². The number of amides is 1. The molecule has 1 amide bonds. The summed E-state index contributed by atoms with van der Waals surface area (Å²) in [5, 5.41) is 13.1. The number of nitrogens with one attached hydrogen (secondary N) is 1. The van der Waals surface area contributed by atoms with Crippen molar-refractivity contribution in [1.82, 2.24) is 15.1 Å². The number of hydrogen-bond donors (Lipinski definition) is 2. The molecule has 2 fully saturated rings. The topological polar surface area (TPSA) is 55.8 Å². The number of carbonyl (C=O) groups excluding carboxylic acids is 1. The summed E-state index contributed by atoms with van der Waals surface area (Å²) >= 11 is 0. The Kier molecular flexibility index (Phi) is 4.25. The van der Waals surface area contributed by atoms with Crippen LogP contribution in [-0.4, -0.2) is 72.7 Å². The molecule has 2 heterocycles. The first-order chi connectivity index (χ1) is 8.49. The Bertz CT molecular complexity index is 309. The van der Waals surface area contributed by atoms with E-state index in [1.165, 1.54) is 0 Å². The van der Waals surface area contributed by atoms with Crippen molar-refractivity contribution in [3.05, 3.63) is 0 Å². The van der Waals surface area contributed by atoms with Crippen LogP contribution in [0.5, 0.6) is 0 Å². The SMILES string of the molecule is CC1NCCC1C(=O)N1CC(O)CC1CN(C)C. The van der Waals surface area contributed by atoms with Gasteiger partial charge in [0.25, 0.3) is 0 Å². The van der Waals surface area contributed by atoms with Crippen LogP contribution in [0.3, 0.4) is 0 Å². The number of likely N-dealkylation sites (tertiary alicyclic amines) is 1. The highest BCUT2D eigenvalue weighted by Crippen LogP contribution is 2.25. The Morgan fingerprint density at radius 3 is 2.78 bits per heavy atom. The van der Waals surface area contributed by atoms with E-state index in [9.17, 15) is 9.90 Å². The smallest absolute Gasteiger partial charge is 0.227 e. The molecular formula is C13H25N3O2. The summed E-state index contributed by atoms with van der Waals surface area (Å²) < 4.78 is 0. The van der Waals surface area contributed by atoms with Gasteiger partial charge < -0.3 is 20.2 Å². The Labute approximate surface area is 109 Å². The molecule has 2 saturated heterocycles. The third-order valence-electron chi connectivity index (χ3n) is 4.09. The van der Waals surface area contributed by atoms with Gasteiger partial charge in [0.1, 0.15) is 0 Å². The quantitative estimate of drug-likeness (QED) is 0.714. The molecule has 0 aromatic carbocycles. The predicted molar refractivity (Wildman–Crippen MR) is 70.3 cm³/mol. The number of nitrogens with zero attached hydrogens (tertiary/aromatic N) is 2. The number of hydrogen-bond acceptors (Lipinski definition) is 4. The number of β-amino-alcohol motifs (C(OH)–C–C–N with tert-alkyl or cyclic N) is 1. The first-order valence-electron chi connectivity index (χ1n) is 6.85. The van der Waals surface area contributed by atoms with Crippen LogP contribution in [-0.2, 0) is 4.79 Å². The standard InChI is InChI=1S/C13H25N3O2/c1-9-12(4-5-14-9)13(18)16-8-11(17)6-10(16)7-15(2)3/h9-12,14,17H,4-8H2,1-3H3. The molecule has 2 N–H and O–H groups in total. The van der Waals surface area contributed by atoms with Gasteiger partial charge in [0.15, 0.2) is 0 Å². The van der Waals surface area contributed by atoms with Crippen LogP contribution < -0.4 is 5.32 Å². The Hall–Kier alpha value is -0.650. The Balaban J connectivity index is 2.03. The van der Waals surface area contributed by atoms with Crippen LogP contribution in [0.2, 0.25) is 0 Å². The van der Waals surface area contributed by atoms with E-state index in [1.807, 2.05) is 19.0 Å². The monoisotopic (exact) mass is 255 g/mol. The summed E-state index contributed by atoms with van der Waals surface area (Å²) in [6.45, 7) is 4.33. The van der Waals surface area contributed by atoms with Crippen molar-refractivity contribution in [2.45, 2.75) is 38.0 Å². The molecule has 0 aromatic rings. The van der Waals surface area contributed by atoms with Gasteiger partial charge in [0.2, 0.25) is 5.91 Å². The third-order valence-corrected chi connectivity index (χ3v) is 4.09. The first-order valence-corrected chi connectivity index (χ1v) is 6.85. The van der Waals surface area contributed by atoms with Crippen molar-refractivity contribution in [2.75, 3.05) is 33.7 Å². The van der Waals surface area contributed by atoms with Crippen LogP contribution >= 0.6 is 0 Å². The molecule has 4 atom stereocenters. The van der Waals surface area contributed by atoms with E-state index in [1.54, 1.807) is 0 Å². The van der Waals surface area contributed by atoms with Crippen molar-refractivity contribution in [3.8, 4) is 0 Å². The lowest BCUT2D eigenvalue weighted by atomic mass is 10.00. The fourth-order valence-electron chi connectivity index (χ4n) is 3.17. The number of likely N-dealkylation sites (N-methyl/N-ethyl adjacent to an activating group) is 1. The lowest BCUT2D eigenvalue weighted by Crippen LogP contribution is -2.46. The van der Waals surface area contributed by atoms with Crippen molar-refractivity contribution in [2.24, 2.45) is 5.92 Å². The van der Waals surface area contributed by atoms with Crippen LogP contribution in [0, 0.1) is 5.92 Å². The van der Waals surface area contributed by atoms with Gasteiger partial charge in [-0.3, -0.25) is 4.79 Å². The minimum absolute atomic E-state index is 0.0833. The molecule has 18 heavy (non-hydrogen) atoms. The molecule has 2 aliphatic heterocycles. The Morgan fingerprint density at radius 2 is 2.22 bits per heavy atom. The second kappa shape index (κ2) is 5.55. The maximum absolute atomic E-state index is 12.6. The van der Waals surface area contributed by atoms with Gasteiger partial charge in [-0.05, 0) is 40.4 Å². The second-order valence-electron chi connectivity index (χ2n) is 5.93. The summed E-state index contributed by atoms with van der Waals surface area (Å²) in [5.41, 5.74) is 0. The van der Waals surface area contributed by atoms with Crippen molar-refractivity contribution in [1.29, 1.82) is 0 Å². The minimum atomic E-state index is -0.358. The van der Waals surface area contributed by atoms with Crippen molar-refractivity contribution < 1.29 is 9.90 Å². The van der Waals surface area contributed by atoms with E-state index in [0.717, 1.165) is 19.5 Å². The lowest BCUT2D eigenvalue weighted by Gasteiger charge is -2.30. The second-order valence-corrected chi connectivity index (χ2v) is 5.93. The molecular weight excluding hydrogens is 230 g/mol. The summed E-state index contributed by atoms with van der Waals surface area (Å²) in [6, 6.07) is 0.422. The van der Waals surface area contributed by atoms with Crippen molar-refractivity contribution >= 4 is 5.91 Å². The van der Waals surface area contributed by atoms with Crippen LogP contribution in [0.15, 0.2) is 0 Å². The lowest BCUT2D eigenvalue weighted by molar-refractivity contribution is -0.137. The highest BCUT2D eigenvalue weighted by molar-refractivity contribution is 5.80. The molecule has 0 aliphatic carbocycles. The van der Waals surface area contributed by atoms with Gasteiger partial charge in [0, 0.05) is 25.2 Å². The molecule has 0 bridgehead atoms. The zero-order valence-electron chi connectivity index (χ0n) is 11.6. The fraction of sp³-hybridized carbons (Fsp3) is 0.923. The van der Waals surface area contributed by atoms with Gasteiger partial charge in [-0.25, -0.2) is 0 Å². The number of aliphatic hydroxyl groups excluding tert-OH is 1. The van der Waals surface area contributed by atoms with E-state index < -0.39 is 0 Å². The highest BCUT2D eigenvalue weighted by atomic mass is 16.3. The van der Waals surface area contributed by atoms with Gasteiger partial charge in [0.05, 0.1) is 12.0 Å². The number of carbonyl (C=O) groups is 1. The van der Waals surface area contributed by atoms with E-state index >= 15 is 0 Å². The highest BCUT2D eigenvalue weighted by Gasteiger charge is 2.40. The minimum Gasteiger partial charge on any atom is -0.391 e. The molecule has 4 unspecified atom stereocenters. The maximum Gasteiger partial charge on any atom is 0.227 e. The van der Waals surface area contributed by atoms with Crippen LogP contribution in [0.4, 0.5) is 0 Å². The summed E-state index contributed by atoms with van der Waals surface area (Å²) in [5.74, 6) is 0.302. The van der Waals surface area contributed by atoms with Gasteiger partial charge in [-0.1, -0.05) is 0 Å². The molecule has 5 nitrogen and oxygen atoms in total. The van der Waals surface area contributed by atoms with Crippen LogP contribution in [0.1, 0.15) is 19.8 Å². The van der Waals surface area contributed by atoms with Gasteiger partial charge in [-0.2, -0.15) is 0 Å². The normalized spacial score (nSPS) is 36.6. The summed E-state index contributed by atoms with van der Waals surface area (Å²) in [7, 11) is 4.01. The fourth-order valence-corrected chi connectivity index (χ4v) is 3.17.